The lowest BCUT2D eigenvalue weighted by atomic mass is 9.99. The molecule has 0 spiro atoms. The summed E-state index contributed by atoms with van der Waals surface area (Å²) in [6, 6.07) is 5.69. The van der Waals surface area contributed by atoms with E-state index in [2.05, 4.69) is 19.2 Å². The van der Waals surface area contributed by atoms with E-state index >= 15 is 0 Å². The van der Waals surface area contributed by atoms with Crippen molar-refractivity contribution in [3.05, 3.63) is 29.3 Å². The van der Waals surface area contributed by atoms with E-state index in [0.717, 1.165) is 5.56 Å². The van der Waals surface area contributed by atoms with Gasteiger partial charge < -0.3 is 19.9 Å². The molecule has 1 N–H and O–H groups in total. The van der Waals surface area contributed by atoms with Crippen LogP contribution in [0.25, 0.3) is 0 Å². The summed E-state index contributed by atoms with van der Waals surface area (Å²) < 4.78 is 5.38. The minimum Gasteiger partial charge on any atom is -0.496 e. The number of benzene rings is 1. The van der Waals surface area contributed by atoms with E-state index in [1.807, 2.05) is 39.0 Å². The van der Waals surface area contributed by atoms with E-state index in [4.69, 9.17) is 4.74 Å². The molecule has 26 heavy (non-hydrogen) atoms. The second kappa shape index (κ2) is 7.98. The van der Waals surface area contributed by atoms with Crippen LogP contribution in [0, 0.1) is 0 Å². The van der Waals surface area contributed by atoms with E-state index in [1.165, 1.54) is 0 Å². The molecule has 1 aromatic rings. The number of nitrogens with zero attached hydrogens (tertiary/aromatic N) is 2. The van der Waals surface area contributed by atoms with E-state index in [1.54, 1.807) is 16.9 Å². The lowest BCUT2D eigenvalue weighted by molar-refractivity contribution is 0.0658. The van der Waals surface area contributed by atoms with E-state index < -0.39 is 0 Å². The first-order chi connectivity index (χ1) is 12.1. The van der Waals surface area contributed by atoms with Crippen molar-refractivity contribution in [1.82, 2.24) is 15.1 Å². The number of ether oxygens (including phenoxy) is 1. The molecule has 3 amide bonds. The molecule has 1 fully saturated rings. The third-order valence-electron chi connectivity index (χ3n) is 4.46. The third-order valence-corrected chi connectivity index (χ3v) is 4.46. The Labute approximate surface area is 156 Å². The zero-order valence-electron chi connectivity index (χ0n) is 16.8. The Kier molecular flexibility index (Phi) is 6.16. The van der Waals surface area contributed by atoms with Crippen LogP contribution in [0.1, 0.15) is 56.5 Å². The summed E-state index contributed by atoms with van der Waals surface area (Å²) >= 11 is 0. The second-order valence-corrected chi connectivity index (χ2v) is 8.07. The van der Waals surface area contributed by atoms with Crippen molar-refractivity contribution >= 4 is 11.9 Å². The molecule has 1 aromatic carbocycles. The maximum absolute atomic E-state index is 13.0. The lowest BCUT2D eigenvalue weighted by Crippen LogP contribution is -2.56. The average molecular weight is 361 g/mol. The molecular weight excluding hydrogens is 330 g/mol. The summed E-state index contributed by atoms with van der Waals surface area (Å²) in [5.74, 6) is 0.887. The maximum Gasteiger partial charge on any atom is 0.317 e. The highest BCUT2D eigenvalue weighted by Crippen LogP contribution is 2.26. The SMILES string of the molecule is COc1ccc(C(C)C)cc1C(=O)N1CCN(C(=O)NC(C)(C)C)CC1. The molecule has 0 saturated carbocycles. The highest BCUT2D eigenvalue weighted by atomic mass is 16.5. The van der Waals surface area contributed by atoms with Gasteiger partial charge in [-0.05, 0) is 44.4 Å². The van der Waals surface area contributed by atoms with E-state index in [-0.39, 0.29) is 17.5 Å². The molecule has 0 aliphatic carbocycles. The third kappa shape index (κ3) is 4.90. The van der Waals surface area contributed by atoms with Crippen LogP contribution in [0.4, 0.5) is 4.79 Å². The molecule has 6 nitrogen and oxygen atoms in total. The Hall–Kier alpha value is -2.24. The van der Waals surface area contributed by atoms with Gasteiger partial charge in [0.1, 0.15) is 5.75 Å². The van der Waals surface area contributed by atoms with Crippen molar-refractivity contribution in [3.8, 4) is 5.75 Å². The van der Waals surface area contributed by atoms with Crippen LogP contribution in [-0.4, -0.2) is 60.6 Å². The fourth-order valence-corrected chi connectivity index (χ4v) is 2.93. The Morgan fingerprint density at radius 3 is 2.15 bits per heavy atom. The molecule has 144 valence electrons. The van der Waals surface area contributed by atoms with Gasteiger partial charge in [-0.3, -0.25) is 4.79 Å². The highest BCUT2D eigenvalue weighted by molar-refractivity contribution is 5.97. The summed E-state index contributed by atoms with van der Waals surface area (Å²) in [5, 5.41) is 2.97. The molecule has 1 aliphatic rings. The zero-order valence-corrected chi connectivity index (χ0v) is 16.8. The number of rotatable bonds is 3. The van der Waals surface area contributed by atoms with Crippen molar-refractivity contribution in [2.45, 2.75) is 46.1 Å². The van der Waals surface area contributed by atoms with Gasteiger partial charge in [-0.1, -0.05) is 19.9 Å². The number of hydrogen-bond acceptors (Lipinski definition) is 3. The molecular formula is C20H31N3O3. The van der Waals surface area contributed by atoms with Crippen LogP contribution < -0.4 is 10.1 Å². The number of hydrogen-bond donors (Lipinski definition) is 1. The van der Waals surface area contributed by atoms with E-state index in [9.17, 15) is 9.59 Å². The van der Waals surface area contributed by atoms with Crippen molar-refractivity contribution in [2.24, 2.45) is 0 Å². The lowest BCUT2D eigenvalue weighted by Gasteiger charge is -2.36. The van der Waals surface area contributed by atoms with Crippen LogP contribution in [0.3, 0.4) is 0 Å². The smallest absolute Gasteiger partial charge is 0.317 e. The minimum absolute atomic E-state index is 0.0415. The normalized spacial score (nSPS) is 15.2. The number of piperazine rings is 1. The average Bonchev–Trinajstić information content (AvgIpc) is 2.59. The molecule has 0 atom stereocenters. The van der Waals surface area contributed by atoms with E-state index in [0.29, 0.717) is 43.4 Å². The molecule has 2 rings (SSSR count). The van der Waals surface area contributed by atoms with Gasteiger partial charge in [-0.25, -0.2) is 4.79 Å². The van der Waals surface area contributed by atoms with Crippen molar-refractivity contribution in [3.63, 3.8) is 0 Å². The summed E-state index contributed by atoms with van der Waals surface area (Å²) in [6.07, 6.45) is 0. The number of carbonyl (C=O) groups excluding carboxylic acids is 2. The topological polar surface area (TPSA) is 61.9 Å². The Morgan fingerprint density at radius 1 is 1.08 bits per heavy atom. The number of urea groups is 1. The predicted molar refractivity (Wildman–Crippen MR) is 103 cm³/mol. The number of nitrogens with one attached hydrogen (secondary N) is 1. The van der Waals surface area contributed by atoms with Crippen LogP contribution in [0.2, 0.25) is 0 Å². The first-order valence-corrected chi connectivity index (χ1v) is 9.16. The summed E-state index contributed by atoms with van der Waals surface area (Å²) in [4.78, 5) is 28.8. The van der Waals surface area contributed by atoms with Crippen LogP contribution in [0.15, 0.2) is 18.2 Å². The van der Waals surface area contributed by atoms with Crippen molar-refractivity contribution in [1.29, 1.82) is 0 Å². The number of methoxy groups -OCH3 is 1. The van der Waals surface area contributed by atoms with Gasteiger partial charge in [0, 0.05) is 31.7 Å². The Balaban J connectivity index is 2.06. The van der Waals surface area contributed by atoms with Gasteiger partial charge in [-0.2, -0.15) is 0 Å². The molecule has 0 radical (unpaired) electrons. The van der Waals surface area contributed by atoms with Crippen molar-refractivity contribution < 1.29 is 14.3 Å². The molecule has 1 heterocycles. The molecule has 0 unspecified atom stereocenters. The largest absolute Gasteiger partial charge is 0.496 e. The minimum atomic E-state index is -0.269. The van der Waals surface area contributed by atoms with Gasteiger partial charge in [0.25, 0.3) is 5.91 Å². The predicted octanol–water partition coefficient (Wildman–Crippen LogP) is 3.08. The van der Waals surface area contributed by atoms with Gasteiger partial charge in [0.2, 0.25) is 0 Å². The zero-order chi connectivity index (χ0) is 19.5. The quantitative estimate of drug-likeness (QED) is 0.900. The Morgan fingerprint density at radius 2 is 1.65 bits per heavy atom. The van der Waals surface area contributed by atoms with Gasteiger partial charge >= 0.3 is 6.03 Å². The van der Waals surface area contributed by atoms with Crippen LogP contribution >= 0.6 is 0 Å². The fraction of sp³-hybridized carbons (Fsp3) is 0.600. The second-order valence-electron chi connectivity index (χ2n) is 8.07. The van der Waals surface area contributed by atoms with Crippen molar-refractivity contribution in [2.75, 3.05) is 33.3 Å². The van der Waals surface area contributed by atoms with Crippen LogP contribution in [0.5, 0.6) is 5.75 Å². The summed E-state index contributed by atoms with van der Waals surface area (Å²) in [5.41, 5.74) is 1.43. The monoisotopic (exact) mass is 361 g/mol. The fourth-order valence-electron chi connectivity index (χ4n) is 2.93. The van der Waals surface area contributed by atoms with Gasteiger partial charge in [0.05, 0.1) is 12.7 Å². The first kappa shape index (κ1) is 20.1. The van der Waals surface area contributed by atoms with Gasteiger partial charge in [0.15, 0.2) is 0 Å². The molecule has 6 heteroatoms. The molecule has 1 saturated heterocycles. The summed E-state index contributed by atoms with van der Waals surface area (Å²) in [6.45, 7) is 12.2. The first-order valence-electron chi connectivity index (χ1n) is 9.16. The molecule has 0 aromatic heterocycles. The van der Waals surface area contributed by atoms with Gasteiger partial charge in [-0.15, -0.1) is 0 Å². The standard InChI is InChI=1S/C20H31N3O3/c1-14(2)15-7-8-17(26-6)16(13-15)18(24)22-9-11-23(12-10-22)19(25)21-20(3,4)5/h7-8,13-14H,9-12H2,1-6H3,(H,21,25). The highest BCUT2D eigenvalue weighted by Gasteiger charge is 2.28. The Bertz CT molecular complexity index is 657. The molecule has 0 bridgehead atoms. The number of amides is 3. The maximum atomic E-state index is 13.0. The summed E-state index contributed by atoms with van der Waals surface area (Å²) in [7, 11) is 1.58. The number of carbonyl (C=O) groups is 2. The van der Waals surface area contributed by atoms with Crippen LogP contribution in [-0.2, 0) is 0 Å². The molecule has 1 aliphatic heterocycles.